The number of benzene rings is 2. The minimum Gasteiger partial charge on any atom is -0.372 e. The van der Waals surface area contributed by atoms with E-state index in [2.05, 4.69) is 34.3 Å². The smallest absolute Gasteiger partial charge is 0.242 e. The van der Waals surface area contributed by atoms with Gasteiger partial charge in [-0.2, -0.15) is 0 Å². The van der Waals surface area contributed by atoms with Gasteiger partial charge in [-0.1, -0.05) is 18.2 Å². The molecule has 3 aromatic rings. The van der Waals surface area contributed by atoms with Crippen molar-refractivity contribution in [1.82, 2.24) is 19.2 Å². The summed E-state index contributed by atoms with van der Waals surface area (Å²) in [5.74, 6) is 0.779. The zero-order valence-electron chi connectivity index (χ0n) is 20.5. The summed E-state index contributed by atoms with van der Waals surface area (Å²) in [5, 5.41) is 3.01. The molecule has 0 saturated carbocycles. The predicted octanol–water partition coefficient (Wildman–Crippen LogP) is 3.27. The van der Waals surface area contributed by atoms with Gasteiger partial charge in [0.2, 0.25) is 15.9 Å². The zero-order valence-corrected chi connectivity index (χ0v) is 21.3. The molecule has 0 radical (unpaired) electrons. The molecular formula is C25H35N5O3S. The summed E-state index contributed by atoms with van der Waals surface area (Å²) in [4.78, 5) is 19.6. The van der Waals surface area contributed by atoms with Crippen LogP contribution in [0.3, 0.4) is 0 Å². The summed E-state index contributed by atoms with van der Waals surface area (Å²) >= 11 is 0. The standard InChI is InChI=1S/C25H35N5O3S/c1-5-29(20-11-8-7-9-12-20)18-10-17-26-25(31)16-15-24-27-22-19-21(34(32,33)28(3)4)13-14-23(22)30(24)6-2/h7-9,11-14,19H,5-6,10,15-18H2,1-4H3,(H,26,31). The molecule has 9 heteroatoms. The van der Waals surface area contributed by atoms with Crippen molar-refractivity contribution < 1.29 is 13.2 Å². The molecule has 34 heavy (non-hydrogen) atoms. The summed E-state index contributed by atoms with van der Waals surface area (Å²) in [6, 6.07) is 15.3. The molecule has 0 aliphatic carbocycles. The third kappa shape index (κ3) is 5.95. The third-order valence-corrected chi connectivity index (χ3v) is 7.71. The molecule has 0 unspecified atom stereocenters. The number of hydrogen-bond acceptors (Lipinski definition) is 5. The van der Waals surface area contributed by atoms with Crippen molar-refractivity contribution in [2.75, 3.05) is 38.6 Å². The average molecular weight is 486 g/mol. The van der Waals surface area contributed by atoms with Gasteiger partial charge in [-0.05, 0) is 50.6 Å². The topological polar surface area (TPSA) is 87.5 Å². The Labute approximate surface area is 202 Å². The van der Waals surface area contributed by atoms with Gasteiger partial charge in [-0.25, -0.2) is 17.7 Å². The first-order chi connectivity index (χ1) is 16.3. The number of imidazole rings is 1. The van der Waals surface area contributed by atoms with Gasteiger partial charge in [0.1, 0.15) is 5.82 Å². The van der Waals surface area contributed by atoms with Gasteiger partial charge >= 0.3 is 0 Å². The van der Waals surface area contributed by atoms with Crippen molar-refractivity contribution in [3.8, 4) is 0 Å². The maximum Gasteiger partial charge on any atom is 0.242 e. The Morgan fingerprint density at radius 3 is 2.47 bits per heavy atom. The highest BCUT2D eigenvalue weighted by atomic mass is 32.2. The Bertz CT molecular complexity index is 1210. The molecule has 184 valence electrons. The SMILES string of the molecule is CCN(CCCNC(=O)CCc1nc2cc(S(=O)(=O)N(C)C)ccc2n1CC)c1ccccc1. The second-order valence-electron chi connectivity index (χ2n) is 8.33. The third-order valence-electron chi connectivity index (χ3n) is 5.90. The van der Waals surface area contributed by atoms with Crippen LogP contribution in [-0.2, 0) is 27.8 Å². The lowest BCUT2D eigenvalue weighted by molar-refractivity contribution is -0.121. The highest BCUT2D eigenvalue weighted by Gasteiger charge is 2.19. The minimum absolute atomic E-state index is 0.00616. The van der Waals surface area contributed by atoms with E-state index in [0.29, 0.717) is 31.4 Å². The number of nitrogens with zero attached hydrogens (tertiary/aromatic N) is 4. The number of fused-ring (bicyclic) bond motifs is 1. The lowest BCUT2D eigenvalue weighted by Gasteiger charge is -2.23. The van der Waals surface area contributed by atoms with E-state index in [-0.39, 0.29) is 10.8 Å². The van der Waals surface area contributed by atoms with E-state index >= 15 is 0 Å². The van der Waals surface area contributed by atoms with Gasteiger partial charge < -0.3 is 14.8 Å². The second kappa shape index (κ2) is 11.5. The van der Waals surface area contributed by atoms with E-state index in [0.717, 1.165) is 30.9 Å². The number of carbonyl (C=O) groups excluding carboxylic acids is 1. The van der Waals surface area contributed by atoms with E-state index in [1.54, 1.807) is 18.2 Å². The van der Waals surface area contributed by atoms with Crippen molar-refractivity contribution in [1.29, 1.82) is 0 Å². The molecule has 0 saturated heterocycles. The quantitative estimate of drug-likeness (QED) is 0.398. The number of hydrogen-bond donors (Lipinski definition) is 1. The normalized spacial score (nSPS) is 11.8. The van der Waals surface area contributed by atoms with Crippen molar-refractivity contribution in [3.63, 3.8) is 0 Å². The molecule has 0 aliphatic heterocycles. The number of anilines is 1. The van der Waals surface area contributed by atoms with Crippen LogP contribution in [0.15, 0.2) is 53.4 Å². The number of aromatic nitrogens is 2. The van der Waals surface area contributed by atoms with Gasteiger partial charge in [0.25, 0.3) is 0 Å². The Morgan fingerprint density at radius 1 is 1.09 bits per heavy atom. The van der Waals surface area contributed by atoms with Crippen LogP contribution < -0.4 is 10.2 Å². The van der Waals surface area contributed by atoms with Gasteiger partial charge in [-0.15, -0.1) is 0 Å². The fourth-order valence-corrected chi connectivity index (χ4v) is 4.92. The number of sulfonamides is 1. The summed E-state index contributed by atoms with van der Waals surface area (Å²) < 4.78 is 28.1. The highest BCUT2D eigenvalue weighted by Crippen LogP contribution is 2.22. The Morgan fingerprint density at radius 2 is 1.82 bits per heavy atom. The van der Waals surface area contributed by atoms with Crippen LogP contribution in [0.5, 0.6) is 0 Å². The van der Waals surface area contributed by atoms with Crippen LogP contribution in [0.4, 0.5) is 5.69 Å². The molecule has 0 bridgehead atoms. The van der Waals surface area contributed by atoms with Crippen molar-refractivity contribution in [3.05, 3.63) is 54.4 Å². The molecule has 3 rings (SSSR count). The molecule has 0 spiro atoms. The van der Waals surface area contributed by atoms with E-state index in [1.807, 2.05) is 29.7 Å². The van der Waals surface area contributed by atoms with E-state index < -0.39 is 10.0 Å². The molecule has 1 amide bonds. The molecule has 8 nitrogen and oxygen atoms in total. The van der Waals surface area contributed by atoms with Crippen molar-refractivity contribution in [2.24, 2.45) is 0 Å². The molecule has 1 N–H and O–H groups in total. The fourth-order valence-electron chi connectivity index (χ4n) is 3.99. The predicted molar refractivity (Wildman–Crippen MR) is 137 cm³/mol. The van der Waals surface area contributed by atoms with Crippen LogP contribution in [-0.4, -0.2) is 61.9 Å². The Hall–Kier alpha value is -2.91. The molecule has 1 aromatic heterocycles. The summed E-state index contributed by atoms with van der Waals surface area (Å²) in [6.45, 7) is 7.26. The molecule has 1 heterocycles. The maximum atomic E-state index is 12.5. The molecular weight excluding hydrogens is 450 g/mol. The molecule has 0 fully saturated rings. The van der Waals surface area contributed by atoms with E-state index in [1.165, 1.54) is 24.1 Å². The van der Waals surface area contributed by atoms with Gasteiger partial charge in [-0.3, -0.25) is 4.79 Å². The lowest BCUT2D eigenvalue weighted by atomic mass is 10.2. The van der Waals surface area contributed by atoms with Crippen molar-refractivity contribution in [2.45, 2.75) is 44.6 Å². The molecule has 0 atom stereocenters. The summed E-state index contributed by atoms with van der Waals surface area (Å²) in [5.41, 5.74) is 2.69. The van der Waals surface area contributed by atoms with Gasteiger partial charge in [0.05, 0.1) is 15.9 Å². The Balaban J connectivity index is 1.56. The Kier molecular flexibility index (Phi) is 8.68. The number of aryl methyl sites for hydroxylation is 2. The van der Waals surface area contributed by atoms with Gasteiger partial charge in [0.15, 0.2) is 0 Å². The second-order valence-corrected chi connectivity index (χ2v) is 10.5. The maximum absolute atomic E-state index is 12.5. The molecule has 2 aromatic carbocycles. The summed E-state index contributed by atoms with van der Waals surface area (Å²) in [7, 11) is -0.508. The van der Waals surface area contributed by atoms with Crippen LogP contribution in [0, 0.1) is 0 Å². The van der Waals surface area contributed by atoms with Crippen LogP contribution in [0.1, 0.15) is 32.5 Å². The summed E-state index contributed by atoms with van der Waals surface area (Å²) in [6.07, 6.45) is 1.70. The monoisotopic (exact) mass is 485 g/mol. The van der Waals surface area contributed by atoms with E-state index in [9.17, 15) is 13.2 Å². The average Bonchev–Trinajstić information content (AvgIpc) is 3.20. The highest BCUT2D eigenvalue weighted by molar-refractivity contribution is 7.89. The first-order valence-corrected chi connectivity index (χ1v) is 13.2. The molecule has 0 aliphatic rings. The van der Waals surface area contributed by atoms with E-state index in [4.69, 9.17) is 0 Å². The largest absolute Gasteiger partial charge is 0.372 e. The van der Waals surface area contributed by atoms with Crippen LogP contribution in [0.2, 0.25) is 0 Å². The number of para-hydroxylation sites is 1. The minimum atomic E-state index is -3.53. The fraction of sp³-hybridized carbons (Fsp3) is 0.440. The number of amides is 1. The number of rotatable bonds is 12. The lowest BCUT2D eigenvalue weighted by Crippen LogP contribution is -2.30. The van der Waals surface area contributed by atoms with Crippen LogP contribution in [0.25, 0.3) is 11.0 Å². The zero-order chi connectivity index (χ0) is 24.7. The first-order valence-electron chi connectivity index (χ1n) is 11.8. The van der Waals surface area contributed by atoms with Crippen LogP contribution >= 0.6 is 0 Å². The van der Waals surface area contributed by atoms with Gasteiger partial charge in [0, 0.05) is 58.8 Å². The first kappa shape index (κ1) is 25.7. The van der Waals surface area contributed by atoms with Crippen molar-refractivity contribution >= 4 is 32.7 Å². The number of carbonyl (C=O) groups is 1. The number of nitrogens with one attached hydrogen (secondary N) is 1.